The molecule has 0 aliphatic carbocycles. The maximum atomic E-state index is 13.1. The second kappa shape index (κ2) is 7.30. The molecule has 0 aliphatic rings. The van der Waals surface area contributed by atoms with Crippen LogP contribution < -0.4 is 4.74 Å². The zero-order valence-corrected chi connectivity index (χ0v) is 14.8. The predicted octanol–water partition coefficient (Wildman–Crippen LogP) is 4.25. The van der Waals surface area contributed by atoms with Crippen LogP contribution in [0.2, 0.25) is 0 Å². The van der Waals surface area contributed by atoms with Crippen molar-refractivity contribution in [2.75, 3.05) is 13.7 Å². The van der Waals surface area contributed by atoms with Gasteiger partial charge in [-0.05, 0) is 30.7 Å². The highest BCUT2D eigenvalue weighted by Crippen LogP contribution is 2.37. The molecular weight excluding hydrogens is 359 g/mol. The van der Waals surface area contributed by atoms with Gasteiger partial charge >= 0.3 is 6.18 Å². The summed E-state index contributed by atoms with van der Waals surface area (Å²) in [4.78, 5) is 14.1. The Hall–Kier alpha value is -3.03. The molecule has 142 valence electrons. The summed E-state index contributed by atoms with van der Waals surface area (Å²) < 4.78 is 44.3. The van der Waals surface area contributed by atoms with Crippen LogP contribution in [-0.2, 0) is 12.7 Å². The van der Waals surface area contributed by atoms with E-state index in [0.29, 0.717) is 0 Å². The number of ether oxygens (including phenoxy) is 1. The average Bonchev–Trinajstić information content (AvgIpc) is 3.10. The second-order valence-corrected chi connectivity index (χ2v) is 6.05. The van der Waals surface area contributed by atoms with Crippen molar-refractivity contribution in [2.45, 2.75) is 19.6 Å². The number of nitrogens with one attached hydrogen (secondary N) is 1. The molecule has 1 N–H and O–H groups in total. The summed E-state index contributed by atoms with van der Waals surface area (Å²) in [6.07, 6.45) is -2.86. The molecule has 1 heterocycles. The maximum Gasteiger partial charge on any atom is 0.419 e. The lowest BCUT2D eigenvalue weighted by molar-refractivity contribution is -0.138. The SMILES string of the molecule is CCOc1cc(C(=O)N(C)Cc2cccc3cn[nH]c23)ccc1C(F)(F)F. The van der Waals surface area contributed by atoms with Crippen LogP contribution in [0.4, 0.5) is 13.2 Å². The molecule has 5 nitrogen and oxygen atoms in total. The van der Waals surface area contributed by atoms with E-state index in [9.17, 15) is 18.0 Å². The van der Waals surface area contributed by atoms with E-state index in [4.69, 9.17) is 4.74 Å². The number of rotatable bonds is 5. The number of fused-ring (bicyclic) bond motifs is 1. The Bertz CT molecular complexity index is 966. The molecule has 0 fully saturated rings. The first-order valence-corrected chi connectivity index (χ1v) is 8.31. The Labute approximate surface area is 153 Å². The van der Waals surface area contributed by atoms with E-state index >= 15 is 0 Å². The largest absolute Gasteiger partial charge is 0.493 e. The van der Waals surface area contributed by atoms with E-state index in [0.717, 1.165) is 28.6 Å². The maximum absolute atomic E-state index is 13.1. The topological polar surface area (TPSA) is 58.2 Å². The Kier molecular flexibility index (Phi) is 5.07. The summed E-state index contributed by atoms with van der Waals surface area (Å²) in [5.74, 6) is -0.749. The molecule has 0 spiro atoms. The number of benzene rings is 2. The zero-order chi connectivity index (χ0) is 19.6. The number of hydrogen-bond donors (Lipinski definition) is 1. The van der Waals surface area contributed by atoms with Crippen molar-refractivity contribution in [3.05, 3.63) is 59.3 Å². The molecule has 0 atom stereocenters. The molecule has 0 bridgehead atoms. The molecule has 1 amide bonds. The van der Waals surface area contributed by atoms with E-state index in [1.807, 2.05) is 18.2 Å². The van der Waals surface area contributed by atoms with Gasteiger partial charge in [0.2, 0.25) is 0 Å². The summed E-state index contributed by atoms with van der Waals surface area (Å²) in [6, 6.07) is 8.80. The number of aromatic amines is 1. The van der Waals surface area contributed by atoms with Crippen LogP contribution >= 0.6 is 0 Å². The van der Waals surface area contributed by atoms with E-state index in [1.165, 1.54) is 11.0 Å². The van der Waals surface area contributed by atoms with Gasteiger partial charge in [0.25, 0.3) is 5.91 Å². The molecule has 0 saturated carbocycles. The Balaban J connectivity index is 1.86. The number of carbonyl (C=O) groups excluding carboxylic acids is 1. The van der Waals surface area contributed by atoms with Crippen molar-refractivity contribution in [1.29, 1.82) is 0 Å². The number of carbonyl (C=O) groups is 1. The standard InChI is InChI=1S/C19H18F3N3O2/c1-3-27-16-9-12(7-8-15(16)19(20,21)22)18(26)25(2)11-14-6-4-5-13-10-23-24-17(13)14/h4-10H,3,11H2,1-2H3,(H,23,24). The van der Waals surface area contributed by atoms with Gasteiger partial charge in [0.1, 0.15) is 5.75 Å². The minimum atomic E-state index is -4.55. The first-order valence-electron chi connectivity index (χ1n) is 8.31. The van der Waals surface area contributed by atoms with Gasteiger partial charge in [-0.1, -0.05) is 18.2 Å². The van der Waals surface area contributed by atoms with Crippen molar-refractivity contribution in [1.82, 2.24) is 15.1 Å². The highest BCUT2D eigenvalue weighted by molar-refractivity contribution is 5.95. The first-order chi connectivity index (χ1) is 12.8. The lowest BCUT2D eigenvalue weighted by Crippen LogP contribution is -2.26. The quantitative estimate of drug-likeness (QED) is 0.723. The lowest BCUT2D eigenvalue weighted by Gasteiger charge is -2.19. The van der Waals surface area contributed by atoms with Crippen molar-refractivity contribution in [3.8, 4) is 5.75 Å². The summed E-state index contributed by atoms with van der Waals surface area (Å²) >= 11 is 0. The van der Waals surface area contributed by atoms with Crippen molar-refractivity contribution in [2.24, 2.45) is 0 Å². The number of alkyl halides is 3. The summed E-state index contributed by atoms with van der Waals surface area (Å²) in [5, 5.41) is 7.79. The molecule has 0 aliphatic heterocycles. The van der Waals surface area contributed by atoms with Crippen LogP contribution in [0.15, 0.2) is 42.6 Å². The van der Waals surface area contributed by atoms with Gasteiger partial charge in [0, 0.05) is 24.5 Å². The fraction of sp³-hybridized carbons (Fsp3) is 0.263. The summed E-state index contributed by atoms with van der Waals surface area (Å²) in [6.45, 7) is 1.94. The Morgan fingerprint density at radius 3 is 2.74 bits per heavy atom. The number of nitrogens with zero attached hydrogens (tertiary/aromatic N) is 2. The fourth-order valence-electron chi connectivity index (χ4n) is 2.87. The third-order valence-corrected chi connectivity index (χ3v) is 4.15. The third kappa shape index (κ3) is 3.89. The molecule has 3 aromatic rings. The van der Waals surface area contributed by atoms with Crippen LogP contribution in [0.25, 0.3) is 10.9 Å². The van der Waals surface area contributed by atoms with Crippen LogP contribution in [0, 0.1) is 0 Å². The predicted molar refractivity (Wildman–Crippen MR) is 94.5 cm³/mol. The van der Waals surface area contributed by atoms with Gasteiger partial charge < -0.3 is 9.64 Å². The molecule has 0 unspecified atom stereocenters. The van der Waals surface area contributed by atoms with Gasteiger partial charge in [-0.3, -0.25) is 9.89 Å². The van der Waals surface area contributed by atoms with Gasteiger partial charge in [-0.2, -0.15) is 18.3 Å². The second-order valence-electron chi connectivity index (χ2n) is 6.05. The number of H-pyrrole nitrogens is 1. The molecule has 2 aromatic carbocycles. The molecule has 27 heavy (non-hydrogen) atoms. The van der Waals surface area contributed by atoms with Gasteiger partial charge in [-0.25, -0.2) is 0 Å². The first kappa shape index (κ1) is 18.8. The zero-order valence-electron chi connectivity index (χ0n) is 14.8. The lowest BCUT2D eigenvalue weighted by atomic mass is 10.1. The molecule has 1 aromatic heterocycles. The number of aromatic nitrogens is 2. The summed E-state index contributed by atoms with van der Waals surface area (Å²) in [7, 11) is 1.59. The smallest absolute Gasteiger partial charge is 0.419 e. The number of para-hydroxylation sites is 1. The van der Waals surface area contributed by atoms with Crippen molar-refractivity contribution in [3.63, 3.8) is 0 Å². The molecular formula is C19H18F3N3O2. The van der Waals surface area contributed by atoms with Crippen LogP contribution in [0.1, 0.15) is 28.4 Å². The molecule has 8 heteroatoms. The van der Waals surface area contributed by atoms with Crippen molar-refractivity contribution < 1.29 is 22.7 Å². The van der Waals surface area contributed by atoms with Crippen LogP contribution in [-0.4, -0.2) is 34.7 Å². The van der Waals surface area contributed by atoms with E-state index < -0.39 is 17.6 Å². The number of hydrogen-bond acceptors (Lipinski definition) is 3. The molecule has 3 rings (SSSR count). The van der Waals surface area contributed by atoms with E-state index in [2.05, 4.69) is 10.2 Å². The Morgan fingerprint density at radius 2 is 2.04 bits per heavy atom. The van der Waals surface area contributed by atoms with Gasteiger partial charge in [0.15, 0.2) is 0 Å². The highest BCUT2D eigenvalue weighted by atomic mass is 19.4. The fourth-order valence-corrected chi connectivity index (χ4v) is 2.87. The number of halogens is 3. The molecule has 0 saturated heterocycles. The normalized spacial score (nSPS) is 11.6. The van der Waals surface area contributed by atoms with Crippen LogP contribution in [0.3, 0.4) is 0 Å². The minimum absolute atomic E-state index is 0.0678. The number of amides is 1. The van der Waals surface area contributed by atoms with Crippen molar-refractivity contribution >= 4 is 16.8 Å². The van der Waals surface area contributed by atoms with Crippen LogP contribution in [0.5, 0.6) is 5.75 Å². The monoisotopic (exact) mass is 377 g/mol. The van der Waals surface area contributed by atoms with Gasteiger partial charge in [-0.15, -0.1) is 0 Å². The molecule has 0 radical (unpaired) electrons. The minimum Gasteiger partial charge on any atom is -0.493 e. The van der Waals surface area contributed by atoms with E-state index in [-0.39, 0.29) is 24.5 Å². The summed E-state index contributed by atoms with van der Waals surface area (Å²) in [5.41, 5.74) is 0.911. The third-order valence-electron chi connectivity index (χ3n) is 4.15. The highest BCUT2D eigenvalue weighted by Gasteiger charge is 2.34. The average molecular weight is 377 g/mol. The van der Waals surface area contributed by atoms with Gasteiger partial charge in [0.05, 0.1) is 23.9 Å². The Morgan fingerprint density at radius 1 is 1.26 bits per heavy atom. The van der Waals surface area contributed by atoms with E-state index in [1.54, 1.807) is 20.2 Å².